The zero-order chi connectivity index (χ0) is 17.8. The topological polar surface area (TPSA) is 61.8 Å². The molecule has 0 fully saturated rings. The molecule has 0 aliphatic heterocycles. The standard InChI is InChI=1S/C12H8F6O5/c1-21-7-4-2-3-6(5-22-9(19)11(13,14)15)8(7)23-10(20)12(16,17)18/h2-4H,5H2,1H3. The lowest BCUT2D eigenvalue weighted by atomic mass is 10.2. The maximum atomic E-state index is 12.2. The molecule has 1 aromatic carbocycles. The predicted molar refractivity (Wildman–Crippen MR) is 60.5 cm³/mol. The molecule has 0 unspecified atom stereocenters. The first-order chi connectivity index (χ1) is 10.5. The van der Waals surface area contributed by atoms with Crippen molar-refractivity contribution >= 4 is 11.9 Å². The molecule has 0 N–H and O–H groups in total. The molecular formula is C12H8F6O5. The van der Waals surface area contributed by atoms with Gasteiger partial charge in [-0.15, -0.1) is 0 Å². The van der Waals surface area contributed by atoms with Gasteiger partial charge in [-0.3, -0.25) is 0 Å². The molecule has 0 saturated heterocycles. The van der Waals surface area contributed by atoms with Crippen LogP contribution in [0.1, 0.15) is 5.56 Å². The van der Waals surface area contributed by atoms with Gasteiger partial charge in [0.1, 0.15) is 6.61 Å². The summed E-state index contributed by atoms with van der Waals surface area (Å²) in [5, 5.41) is 0. The van der Waals surface area contributed by atoms with Gasteiger partial charge in [0.25, 0.3) is 0 Å². The van der Waals surface area contributed by atoms with E-state index in [0.717, 1.165) is 19.2 Å². The van der Waals surface area contributed by atoms with Gasteiger partial charge in [0.15, 0.2) is 11.5 Å². The SMILES string of the molecule is COc1cccc(COC(=O)C(F)(F)F)c1OC(=O)C(F)(F)F. The molecule has 0 saturated carbocycles. The molecule has 0 radical (unpaired) electrons. The van der Waals surface area contributed by atoms with Crippen molar-refractivity contribution in [3.8, 4) is 11.5 Å². The normalized spacial score (nSPS) is 11.8. The lowest BCUT2D eigenvalue weighted by Crippen LogP contribution is -2.29. The van der Waals surface area contributed by atoms with Crippen LogP contribution in [0.25, 0.3) is 0 Å². The van der Waals surface area contributed by atoms with E-state index in [9.17, 15) is 35.9 Å². The van der Waals surface area contributed by atoms with Crippen LogP contribution in [0.2, 0.25) is 0 Å². The monoisotopic (exact) mass is 346 g/mol. The summed E-state index contributed by atoms with van der Waals surface area (Å²) in [5.41, 5.74) is -0.417. The van der Waals surface area contributed by atoms with E-state index < -0.39 is 42.2 Å². The summed E-state index contributed by atoms with van der Waals surface area (Å²) in [5.74, 6) is -6.31. The number of alkyl halides is 6. The third kappa shape index (κ3) is 5.04. The Morgan fingerprint density at radius 2 is 1.57 bits per heavy atom. The Morgan fingerprint density at radius 1 is 1.00 bits per heavy atom. The number of hydrogen-bond donors (Lipinski definition) is 0. The second-order valence-electron chi connectivity index (χ2n) is 3.91. The van der Waals surface area contributed by atoms with Crippen molar-refractivity contribution in [1.82, 2.24) is 0 Å². The molecule has 23 heavy (non-hydrogen) atoms. The Bertz CT molecular complexity index is 593. The number of para-hydroxylation sites is 1. The van der Waals surface area contributed by atoms with E-state index in [-0.39, 0.29) is 5.75 Å². The minimum atomic E-state index is -5.33. The third-order valence-electron chi connectivity index (χ3n) is 2.30. The number of methoxy groups -OCH3 is 1. The lowest BCUT2D eigenvalue weighted by Gasteiger charge is -2.15. The molecule has 1 aromatic rings. The van der Waals surface area contributed by atoms with E-state index in [4.69, 9.17) is 0 Å². The molecule has 0 aliphatic carbocycles. The van der Waals surface area contributed by atoms with E-state index in [1.54, 1.807) is 0 Å². The summed E-state index contributed by atoms with van der Waals surface area (Å²) < 4.78 is 85.4. The zero-order valence-electron chi connectivity index (χ0n) is 11.2. The summed E-state index contributed by atoms with van der Waals surface area (Å²) in [6.45, 7) is -1.07. The molecule has 0 amide bonds. The predicted octanol–water partition coefficient (Wildman–Crippen LogP) is 2.77. The highest BCUT2D eigenvalue weighted by Gasteiger charge is 2.43. The van der Waals surface area contributed by atoms with Crippen LogP contribution >= 0.6 is 0 Å². The Labute approximate surface area is 124 Å². The van der Waals surface area contributed by atoms with Gasteiger partial charge in [0, 0.05) is 5.56 Å². The second-order valence-corrected chi connectivity index (χ2v) is 3.91. The smallest absolute Gasteiger partial charge is 0.491 e. The van der Waals surface area contributed by atoms with Crippen LogP contribution in [0.3, 0.4) is 0 Å². The average molecular weight is 346 g/mol. The van der Waals surface area contributed by atoms with Gasteiger partial charge in [-0.05, 0) is 6.07 Å². The Balaban J connectivity index is 3.04. The maximum absolute atomic E-state index is 12.2. The van der Waals surface area contributed by atoms with E-state index in [1.807, 2.05) is 0 Å². The van der Waals surface area contributed by atoms with Gasteiger partial charge < -0.3 is 14.2 Å². The molecular weight excluding hydrogens is 338 g/mol. The highest BCUT2D eigenvalue weighted by atomic mass is 19.4. The minimum absolute atomic E-state index is 0.358. The van der Waals surface area contributed by atoms with Gasteiger partial charge >= 0.3 is 24.3 Å². The molecule has 0 heterocycles. The largest absolute Gasteiger partial charge is 0.493 e. The number of halogens is 6. The minimum Gasteiger partial charge on any atom is -0.493 e. The summed E-state index contributed by atoms with van der Waals surface area (Å²) >= 11 is 0. The van der Waals surface area contributed by atoms with Crippen molar-refractivity contribution in [2.75, 3.05) is 7.11 Å². The maximum Gasteiger partial charge on any atom is 0.491 e. The first kappa shape index (κ1) is 18.6. The van der Waals surface area contributed by atoms with E-state index in [0.29, 0.717) is 0 Å². The lowest BCUT2D eigenvalue weighted by molar-refractivity contribution is -0.201. The third-order valence-corrected chi connectivity index (χ3v) is 2.30. The summed E-state index contributed by atoms with van der Waals surface area (Å²) in [6, 6.07) is 3.31. The van der Waals surface area contributed by atoms with E-state index in [1.165, 1.54) is 6.07 Å². The molecule has 11 heteroatoms. The quantitative estimate of drug-likeness (QED) is 0.477. The van der Waals surface area contributed by atoms with Crippen LogP contribution in [0.15, 0.2) is 18.2 Å². The summed E-state index contributed by atoms with van der Waals surface area (Å²) in [7, 11) is 1.03. The molecule has 0 atom stereocenters. The number of carbonyl (C=O) groups is 2. The van der Waals surface area contributed by atoms with Crippen LogP contribution in [0, 0.1) is 0 Å². The van der Waals surface area contributed by atoms with Crippen molar-refractivity contribution in [2.24, 2.45) is 0 Å². The number of carbonyl (C=O) groups excluding carboxylic acids is 2. The van der Waals surface area contributed by atoms with Crippen molar-refractivity contribution in [3.63, 3.8) is 0 Å². The number of esters is 2. The van der Waals surface area contributed by atoms with Crippen LogP contribution in [0.4, 0.5) is 26.3 Å². The van der Waals surface area contributed by atoms with Crippen LogP contribution < -0.4 is 9.47 Å². The van der Waals surface area contributed by atoms with E-state index in [2.05, 4.69) is 14.2 Å². The van der Waals surface area contributed by atoms with Crippen LogP contribution in [-0.4, -0.2) is 31.4 Å². The molecule has 128 valence electrons. The molecule has 0 bridgehead atoms. The number of ether oxygens (including phenoxy) is 3. The molecule has 5 nitrogen and oxygen atoms in total. The number of rotatable bonds is 4. The summed E-state index contributed by atoms with van der Waals surface area (Å²) in [6.07, 6.45) is -10.6. The fraction of sp³-hybridized carbons (Fsp3) is 0.333. The second kappa shape index (κ2) is 6.75. The molecule has 0 aromatic heterocycles. The van der Waals surface area contributed by atoms with Gasteiger partial charge in [0.2, 0.25) is 0 Å². The molecule has 0 aliphatic rings. The summed E-state index contributed by atoms with van der Waals surface area (Å²) in [4.78, 5) is 21.5. The molecule has 0 spiro atoms. The van der Waals surface area contributed by atoms with Crippen molar-refractivity contribution < 1.29 is 50.1 Å². The van der Waals surface area contributed by atoms with E-state index >= 15 is 0 Å². The van der Waals surface area contributed by atoms with Crippen molar-refractivity contribution in [2.45, 2.75) is 19.0 Å². The van der Waals surface area contributed by atoms with Gasteiger partial charge in [0.05, 0.1) is 7.11 Å². The number of benzene rings is 1. The van der Waals surface area contributed by atoms with Crippen molar-refractivity contribution in [1.29, 1.82) is 0 Å². The fourth-order valence-electron chi connectivity index (χ4n) is 1.33. The highest BCUT2D eigenvalue weighted by molar-refractivity contribution is 5.79. The number of hydrogen-bond acceptors (Lipinski definition) is 5. The van der Waals surface area contributed by atoms with Crippen LogP contribution in [-0.2, 0) is 20.9 Å². The fourth-order valence-corrected chi connectivity index (χ4v) is 1.33. The Hall–Kier alpha value is -2.46. The first-order valence-electron chi connectivity index (χ1n) is 5.65. The van der Waals surface area contributed by atoms with Gasteiger partial charge in [-0.1, -0.05) is 12.1 Å². The zero-order valence-corrected chi connectivity index (χ0v) is 11.2. The average Bonchev–Trinajstić information content (AvgIpc) is 2.43. The van der Waals surface area contributed by atoms with Gasteiger partial charge in [-0.25, -0.2) is 9.59 Å². The first-order valence-corrected chi connectivity index (χ1v) is 5.65. The Morgan fingerprint density at radius 3 is 2.04 bits per heavy atom. The van der Waals surface area contributed by atoms with Gasteiger partial charge in [-0.2, -0.15) is 26.3 Å². The van der Waals surface area contributed by atoms with Crippen LogP contribution in [0.5, 0.6) is 11.5 Å². The highest BCUT2D eigenvalue weighted by Crippen LogP contribution is 2.33. The molecule has 1 rings (SSSR count). The Kier molecular flexibility index (Phi) is 5.46. The van der Waals surface area contributed by atoms with Crippen molar-refractivity contribution in [3.05, 3.63) is 23.8 Å².